The summed E-state index contributed by atoms with van der Waals surface area (Å²) >= 11 is 0. The van der Waals surface area contributed by atoms with Gasteiger partial charge in [0.25, 0.3) is 0 Å². The first-order valence-electron chi connectivity index (χ1n) is 4.57. The van der Waals surface area contributed by atoms with Crippen molar-refractivity contribution in [1.82, 2.24) is 0 Å². The smallest absolute Gasteiger partial charge is 0.146 e. The molecule has 0 aromatic heterocycles. The molecular formula is C9H18O5. The minimum atomic E-state index is 0.250. The van der Waals surface area contributed by atoms with Crippen LogP contribution in [0, 0.1) is 0 Å². The molecule has 0 bridgehead atoms. The first kappa shape index (κ1) is 13.5. The number of carbonyl (C=O) groups excluding carboxylic acids is 1. The fourth-order valence-electron chi connectivity index (χ4n) is 0.670. The molecule has 0 unspecified atom stereocenters. The lowest BCUT2D eigenvalue weighted by molar-refractivity contribution is -0.109. The number of hydrogen-bond donors (Lipinski definition) is 0. The molecule has 0 amide bonds. The van der Waals surface area contributed by atoms with Crippen molar-refractivity contribution < 1.29 is 23.7 Å². The lowest BCUT2D eigenvalue weighted by Crippen LogP contribution is -2.10. The molecule has 0 aromatic carbocycles. The van der Waals surface area contributed by atoms with E-state index >= 15 is 0 Å². The van der Waals surface area contributed by atoms with E-state index in [0.29, 0.717) is 39.5 Å². The Bertz CT molecular complexity index is 118. The second kappa shape index (κ2) is 12.5. The Balaban J connectivity index is 2.81. The van der Waals surface area contributed by atoms with Crippen molar-refractivity contribution in [3.8, 4) is 0 Å². The van der Waals surface area contributed by atoms with Gasteiger partial charge in [-0.3, -0.25) is 0 Å². The van der Waals surface area contributed by atoms with Crippen LogP contribution >= 0.6 is 0 Å². The normalized spacial score (nSPS) is 10.4. The monoisotopic (exact) mass is 206 g/mol. The summed E-state index contributed by atoms with van der Waals surface area (Å²) < 4.78 is 20.0. The van der Waals surface area contributed by atoms with Gasteiger partial charge < -0.3 is 23.7 Å². The highest BCUT2D eigenvalue weighted by Gasteiger charge is 1.90. The number of aldehydes is 1. The highest BCUT2D eigenvalue weighted by molar-refractivity contribution is 5.49. The van der Waals surface area contributed by atoms with E-state index in [1.165, 1.54) is 0 Å². The van der Waals surface area contributed by atoms with Gasteiger partial charge in [0, 0.05) is 13.5 Å². The molecule has 5 nitrogen and oxygen atoms in total. The summed E-state index contributed by atoms with van der Waals surface area (Å²) in [5.41, 5.74) is 0. The number of hydrogen-bond acceptors (Lipinski definition) is 5. The van der Waals surface area contributed by atoms with Crippen LogP contribution in [0.25, 0.3) is 0 Å². The van der Waals surface area contributed by atoms with E-state index in [2.05, 4.69) is 0 Å². The maximum Gasteiger partial charge on any atom is 0.146 e. The third-order valence-electron chi connectivity index (χ3n) is 1.35. The molecule has 0 saturated carbocycles. The SMILES string of the molecule is COCCOCOCCOCCC=O. The van der Waals surface area contributed by atoms with Crippen LogP contribution in [0.5, 0.6) is 0 Å². The minimum absolute atomic E-state index is 0.250. The highest BCUT2D eigenvalue weighted by atomic mass is 16.7. The van der Waals surface area contributed by atoms with Gasteiger partial charge in [-0.1, -0.05) is 0 Å². The minimum Gasteiger partial charge on any atom is -0.382 e. The Kier molecular flexibility index (Phi) is 12.1. The third-order valence-corrected chi connectivity index (χ3v) is 1.35. The maximum atomic E-state index is 9.90. The Morgan fingerprint density at radius 2 is 1.57 bits per heavy atom. The molecule has 0 atom stereocenters. The van der Waals surface area contributed by atoms with Crippen molar-refractivity contribution in [3.63, 3.8) is 0 Å². The molecule has 0 aliphatic heterocycles. The molecular weight excluding hydrogens is 188 g/mol. The summed E-state index contributed by atoms with van der Waals surface area (Å²) in [6.45, 7) is 2.77. The summed E-state index contributed by atoms with van der Waals surface area (Å²) in [5.74, 6) is 0. The van der Waals surface area contributed by atoms with Gasteiger partial charge in [-0.2, -0.15) is 0 Å². The lowest BCUT2D eigenvalue weighted by Gasteiger charge is -2.05. The van der Waals surface area contributed by atoms with E-state index in [-0.39, 0.29) is 6.79 Å². The first-order valence-corrected chi connectivity index (χ1v) is 4.57. The summed E-state index contributed by atoms with van der Waals surface area (Å²) in [4.78, 5) is 9.90. The molecule has 14 heavy (non-hydrogen) atoms. The number of ether oxygens (including phenoxy) is 4. The molecule has 0 saturated heterocycles. The predicted octanol–water partition coefficient (Wildman–Crippen LogP) is 0.229. The van der Waals surface area contributed by atoms with E-state index in [1.54, 1.807) is 7.11 Å². The van der Waals surface area contributed by atoms with E-state index in [9.17, 15) is 4.79 Å². The van der Waals surface area contributed by atoms with Gasteiger partial charge >= 0.3 is 0 Å². The van der Waals surface area contributed by atoms with Gasteiger partial charge in [-0.25, -0.2) is 0 Å². The zero-order chi connectivity index (χ0) is 10.5. The highest BCUT2D eigenvalue weighted by Crippen LogP contribution is 1.82. The zero-order valence-corrected chi connectivity index (χ0v) is 8.57. The number of rotatable bonds is 11. The number of carbonyl (C=O) groups is 1. The first-order chi connectivity index (χ1) is 6.91. The fraction of sp³-hybridized carbons (Fsp3) is 0.889. The summed E-state index contributed by atoms with van der Waals surface area (Å²) in [6.07, 6.45) is 1.26. The molecule has 0 heterocycles. The molecule has 0 fully saturated rings. The Morgan fingerprint density at radius 1 is 0.929 bits per heavy atom. The van der Waals surface area contributed by atoms with Crippen LogP contribution in [0.2, 0.25) is 0 Å². The summed E-state index contributed by atoms with van der Waals surface area (Å²) in [7, 11) is 1.62. The molecule has 5 heteroatoms. The largest absolute Gasteiger partial charge is 0.382 e. The van der Waals surface area contributed by atoms with Gasteiger partial charge in [0.15, 0.2) is 0 Å². The van der Waals surface area contributed by atoms with Crippen molar-refractivity contribution >= 4 is 6.29 Å². The second-order valence-corrected chi connectivity index (χ2v) is 2.49. The molecule has 0 radical (unpaired) electrons. The van der Waals surface area contributed by atoms with Crippen LogP contribution in [0.3, 0.4) is 0 Å². The van der Waals surface area contributed by atoms with Crippen LogP contribution in [0.4, 0.5) is 0 Å². The Morgan fingerprint density at radius 3 is 2.21 bits per heavy atom. The van der Waals surface area contributed by atoms with E-state index in [4.69, 9.17) is 18.9 Å². The van der Waals surface area contributed by atoms with E-state index < -0.39 is 0 Å². The van der Waals surface area contributed by atoms with Crippen molar-refractivity contribution in [3.05, 3.63) is 0 Å². The van der Waals surface area contributed by atoms with Crippen molar-refractivity contribution in [1.29, 1.82) is 0 Å². The van der Waals surface area contributed by atoms with Crippen molar-refractivity contribution in [2.45, 2.75) is 6.42 Å². The van der Waals surface area contributed by atoms with E-state index in [1.807, 2.05) is 0 Å². The standard InChI is InChI=1S/C9H18O5/c1-11-5-6-13-9-14-8-7-12-4-2-3-10/h3H,2,4-9H2,1H3. The molecule has 0 N–H and O–H groups in total. The average molecular weight is 206 g/mol. The Hall–Kier alpha value is -0.490. The zero-order valence-electron chi connectivity index (χ0n) is 8.57. The van der Waals surface area contributed by atoms with Gasteiger partial charge in [0.1, 0.15) is 13.1 Å². The van der Waals surface area contributed by atoms with Crippen LogP contribution in [-0.4, -0.2) is 53.2 Å². The number of methoxy groups -OCH3 is 1. The van der Waals surface area contributed by atoms with E-state index in [0.717, 1.165) is 6.29 Å². The lowest BCUT2D eigenvalue weighted by atomic mass is 10.5. The van der Waals surface area contributed by atoms with Crippen LogP contribution in [-0.2, 0) is 23.7 Å². The predicted molar refractivity (Wildman–Crippen MR) is 50.1 cm³/mol. The second-order valence-electron chi connectivity index (χ2n) is 2.49. The van der Waals surface area contributed by atoms with Gasteiger partial charge in [-0.05, 0) is 0 Å². The summed E-state index contributed by atoms with van der Waals surface area (Å²) in [6, 6.07) is 0. The van der Waals surface area contributed by atoms with Crippen LogP contribution in [0.15, 0.2) is 0 Å². The molecule has 0 rings (SSSR count). The molecule has 0 aliphatic rings. The van der Waals surface area contributed by atoms with Gasteiger partial charge in [0.05, 0.1) is 33.0 Å². The average Bonchev–Trinajstić information content (AvgIpc) is 2.21. The van der Waals surface area contributed by atoms with Crippen molar-refractivity contribution in [2.24, 2.45) is 0 Å². The maximum absolute atomic E-state index is 9.90. The van der Waals surface area contributed by atoms with Gasteiger partial charge in [0.2, 0.25) is 0 Å². The van der Waals surface area contributed by atoms with Crippen molar-refractivity contribution in [2.75, 3.05) is 46.9 Å². The fourth-order valence-corrected chi connectivity index (χ4v) is 0.670. The molecule has 84 valence electrons. The van der Waals surface area contributed by atoms with Crippen LogP contribution < -0.4 is 0 Å². The summed E-state index contributed by atoms with van der Waals surface area (Å²) in [5, 5.41) is 0. The third kappa shape index (κ3) is 11.5. The quantitative estimate of drug-likeness (QED) is 0.275. The van der Waals surface area contributed by atoms with Gasteiger partial charge in [-0.15, -0.1) is 0 Å². The molecule has 0 aliphatic carbocycles. The molecule has 0 aromatic rings. The Labute approximate surface area is 84.3 Å². The van der Waals surface area contributed by atoms with Crippen LogP contribution in [0.1, 0.15) is 6.42 Å². The topological polar surface area (TPSA) is 54.0 Å². The molecule has 0 spiro atoms.